The molecule has 0 spiro atoms. The Bertz CT molecular complexity index is 707. The van der Waals surface area contributed by atoms with E-state index in [1.54, 1.807) is 19.9 Å². The van der Waals surface area contributed by atoms with E-state index in [1.165, 1.54) is 12.3 Å². The zero-order chi connectivity index (χ0) is 14.2. The molecule has 0 fully saturated rings. The molecule has 0 aromatic carbocycles. The van der Waals surface area contributed by atoms with Gasteiger partial charge in [0.1, 0.15) is 9.36 Å². The maximum atomic E-state index is 12.1. The number of sulfonamides is 1. The third-order valence-corrected chi connectivity index (χ3v) is 6.17. The summed E-state index contributed by atoms with van der Waals surface area (Å²) in [6.07, 6.45) is 1.37. The van der Waals surface area contributed by atoms with Crippen molar-refractivity contribution < 1.29 is 8.42 Å². The number of aryl methyl sites for hydroxylation is 2. The Morgan fingerprint density at radius 2 is 1.89 bits per heavy atom. The molecule has 1 N–H and O–H groups in total. The molecule has 0 aliphatic carbocycles. The van der Waals surface area contributed by atoms with Gasteiger partial charge in [0, 0.05) is 0 Å². The molecule has 0 amide bonds. The summed E-state index contributed by atoms with van der Waals surface area (Å²) in [5.74, 6) is 0. The molecular weight excluding hydrogens is 327 g/mol. The fraction of sp³-hybridized carbons (Fsp3) is 0.182. The zero-order valence-electron chi connectivity index (χ0n) is 10.1. The maximum Gasteiger partial charge on any atom is 0.271 e. The first-order chi connectivity index (χ1) is 8.79. The van der Waals surface area contributed by atoms with Gasteiger partial charge in [0.05, 0.1) is 16.2 Å². The van der Waals surface area contributed by atoms with Crippen LogP contribution in [-0.4, -0.2) is 13.4 Å². The Hall–Kier alpha value is -0.820. The smallest absolute Gasteiger partial charge is 0.271 e. The van der Waals surface area contributed by atoms with Crippen molar-refractivity contribution in [1.29, 1.82) is 0 Å². The Labute approximate surface area is 125 Å². The van der Waals surface area contributed by atoms with Crippen LogP contribution in [0.5, 0.6) is 0 Å². The third kappa shape index (κ3) is 3.20. The van der Waals surface area contributed by atoms with Crippen molar-refractivity contribution in [1.82, 2.24) is 4.98 Å². The fourth-order valence-corrected chi connectivity index (χ4v) is 4.23. The summed E-state index contributed by atoms with van der Waals surface area (Å²) in [7, 11) is -3.64. The lowest BCUT2D eigenvalue weighted by atomic mass is 10.3. The molecule has 2 aromatic heterocycles. The van der Waals surface area contributed by atoms with E-state index in [1.807, 2.05) is 0 Å². The van der Waals surface area contributed by atoms with E-state index < -0.39 is 10.0 Å². The van der Waals surface area contributed by atoms with Gasteiger partial charge in [0.15, 0.2) is 0 Å². The normalized spacial score (nSPS) is 11.6. The highest BCUT2D eigenvalue weighted by atomic mass is 35.5. The molecule has 0 atom stereocenters. The topological polar surface area (TPSA) is 59.1 Å². The molecule has 0 aliphatic heterocycles. The van der Waals surface area contributed by atoms with Crippen LogP contribution in [0.15, 0.2) is 22.5 Å². The van der Waals surface area contributed by atoms with Crippen molar-refractivity contribution in [3.63, 3.8) is 0 Å². The van der Waals surface area contributed by atoms with E-state index >= 15 is 0 Å². The van der Waals surface area contributed by atoms with Crippen LogP contribution in [0.3, 0.4) is 0 Å². The SMILES string of the molecule is Cc1cc(NS(=O)(=O)c2cc(C)c(Cl)s2)cnc1Cl. The van der Waals surface area contributed by atoms with Crippen LogP contribution >= 0.6 is 34.5 Å². The summed E-state index contributed by atoms with van der Waals surface area (Å²) < 4.78 is 27.4. The number of rotatable bonds is 3. The number of anilines is 1. The predicted octanol–water partition coefficient (Wildman–Crippen LogP) is 3.87. The Morgan fingerprint density at radius 3 is 2.42 bits per heavy atom. The maximum absolute atomic E-state index is 12.1. The molecule has 0 saturated carbocycles. The second-order valence-electron chi connectivity index (χ2n) is 3.96. The van der Waals surface area contributed by atoms with Gasteiger partial charge in [-0.25, -0.2) is 13.4 Å². The first-order valence-electron chi connectivity index (χ1n) is 5.20. The highest BCUT2D eigenvalue weighted by Crippen LogP contribution is 2.31. The molecule has 4 nitrogen and oxygen atoms in total. The van der Waals surface area contributed by atoms with Crippen LogP contribution in [0.1, 0.15) is 11.1 Å². The van der Waals surface area contributed by atoms with Crippen LogP contribution in [0.2, 0.25) is 9.49 Å². The van der Waals surface area contributed by atoms with Gasteiger partial charge in [-0.05, 0) is 37.1 Å². The molecular formula is C11H10Cl2N2O2S2. The minimum Gasteiger partial charge on any atom is -0.277 e. The molecule has 2 rings (SSSR count). The van der Waals surface area contributed by atoms with Gasteiger partial charge >= 0.3 is 0 Å². The quantitative estimate of drug-likeness (QED) is 0.865. The fourth-order valence-electron chi connectivity index (χ4n) is 1.38. The largest absolute Gasteiger partial charge is 0.277 e. The molecule has 8 heteroatoms. The first kappa shape index (κ1) is 14.6. The van der Waals surface area contributed by atoms with Crippen molar-refractivity contribution >= 4 is 50.2 Å². The molecule has 0 unspecified atom stereocenters. The minimum absolute atomic E-state index is 0.169. The summed E-state index contributed by atoms with van der Waals surface area (Å²) in [4.78, 5) is 3.90. The molecule has 19 heavy (non-hydrogen) atoms. The minimum atomic E-state index is -3.64. The highest BCUT2D eigenvalue weighted by Gasteiger charge is 2.19. The average molecular weight is 337 g/mol. The van der Waals surface area contributed by atoms with E-state index in [9.17, 15) is 8.42 Å². The molecule has 0 aliphatic rings. The summed E-state index contributed by atoms with van der Waals surface area (Å²) in [6, 6.07) is 3.15. The van der Waals surface area contributed by atoms with Crippen LogP contribution in [0.4, 0.5) is 5.69 Å². The van der Waals surface area contributed by atoms with Crippen molar-refractivity contribution in [3.05, 3.63) is 38.9 Å². The number of pyridine rings is 1. The van der Waals surface area contributed by atoms with E-state index in [2.05, 4.69) is 9.71 Å². The molecule has 2 heterocycles. The van der Waals surface area contributed by atoms with E-state index in [-0.39, 0.29) is 4.21 Å². The summed E-state index contributed by atoms with van der Waals surface area (Å²) >= 11 is 12.7. The molecule has 102 valence electrons. The molecule has 0 radical (unpaired) electrons. The van der Waals surface area contributed by atoms with Gasteiger partial charge in [-0.3, -0.25) is 4.72 Å². The molecule has 0 saturated heterocycles. The van der Waals surface area contributed by atoms with E-state index in [4.69, 9.17) is 23.2 Å². The van der Waals surface area contributed by atoms with Gasteiger partial charge in [0.25, 0.3) is 10.0 Å². The van der Waals surface area contributed by atoms with Crippen LogP contribution in [-0.2, 0) is 10.0 Å². The number of hydrogen-bond acceptors (Lipinski definition) is 4. The van der Waals surface area contributed by atoms with Crippen LogP contribution in [0.25, 0.3) is 0 Å². The van der Waals surface area contributed by atoms with Crippen molar-refractivity contribution in [2.45, 2.75) is 18.1 Å². The summed E-state index contributed by atoms with van der Waals surface area (Å²) in [5.41, 5.74) is 1.80. The third-order valence-electron chi connectivity index (χ3n) is 2.37. The zero-order valence-corrected chi connectivity index (χ0v) is 13.2. The number of aromatic nitrogens is 1. The van der Waals surface area contributed by atoms with Gasteiger partial charge < -0.3 is 0 Å². The van der Waals surface area contributed by atoms with Gasteiger partial charge in [-0.1, -0.05) is 23.2 Å². The lowest BCUT2D eigenvalue weighted by molar-refractivity contribution is 0.603. The lowest BCUT2D eigenvalue weighted by Crippen LogP contribution is -2.11. The van der Waals surface area contributed by atoms with E-state index in [0.29, 0.717) is 20.7 Å². The predicted molar refractivity (Wildman–Crippen MR) is 78.9 cm³/mol. The average Bonchev–Trinajstić information content (AvgIpc) is 2.65. The number of hydrogen-bond donors (Lipinski definition) is 1. The monoisotopic (exact) mass is 336 g/mol. The lowest BCUT2D eigenvalue weighted by Gasteiger charge is -2.07. The van der Waals surface area contributed by atoms with Gasteiger partial charge in [-0.15, -0.1) is 11.3 Å². The Balaban J connectivity index is 2.33. The molecule has 0 bridgehead atoms. The van der Waals surface area contributed by atoms with Crippen molar-refractivity contribution in [3.8, 4) is 0 Å². The van der Waals surface area contributed by atoms with Crippen LogP contribution in [0, 0.1) is 13.8 Å². The van der Waals surface area contributed by atoms with Gasteiger partial charge in [-0.2, -0.15) is 0 Å². The van der Waals surface area contributed by atoms with Gasteiger partial charge in [0.2, 0.25) is 0 Å². The molecule has 2 aromatic rings. The number of halogens is 2. The van der Waals surface area contributed by atoms with Crippen molar-refractivity contribution in [2.24, 2.45) is 0 Å². The first-order valence-corrected chi connectivity index (χ1v) is 8.26. The highest BCUT2D eigenvalue weighted by molar-refractivity contribution is 7.94. The Kier molecular flexibility index (Phi) is 4.06. The standard InChI is InChI=1S/C11H10Cl2N2O2S2/c1-6-3-8(5-14-10(6)12)15-19(16,17)9-4-7(2)11(13)18-9/h3-5,15H,1-2H3. The summed E-state index contributed by atoms with van der Waals surface area (Å²) in [5, 5.41) is 0.345. The second-order valence-corrected chi connectivity index (χ2v) is 7.88. The van der Waals surface area contributed by atoms with Crippen LogP contribution < -0.4 is 4.72 Å². The summed E-state index contributed by atoms with van der Waals surface area (Å²) in [6.45, 7) is 3.51. The Morgan fingerprint density at radius 1 is 1.21 bits per heavy atom. The van der Waals surface area contributed by atoms with E-state index in [0.717, 1.165) is 16.9 Å². The number of nitrogens with zero attached hydrogens (tertiary/aromatic N) is 1. The van der Waals surface area contributed by atoms with Crippen molar-refractivity contribution in [2.75, 3.05) is 4.72 Å². The number of thiophene rings is 1. The number of nitrogens with one attached hydrogen (secondary N) is 1. The second kappa shape index (κ2) is 5.28.